The Morgan fingerprint density at radius 1 is 1.53 bits per heavy atom. The molecule has 0 radical (unpaired) electrons. The highest BCUT2D eigenvalue weighted by molar-refractivity contribution is 7.07. The molecule has 0 aromatic carbocycles. The minimum absolute atomic E-state index is 0.0620. The van der Waals surface area contributed by atoms with Crippen LogP contribution in [0.2, 0.25) is 0 Å². The maximum atomic E-state index is 11.7. The Morgan fingerprint density at radius 3 is 2.87 bits per heavy atom. The first-order chi connectivity index (χ1) is 7.22. The summed E-state index contributed by atoms with van der Waals surface area (Å²) in [6, 6.07) is 0. The number of hydrogen-bond donors (Lipinski definition) is 1. The molecule has 4 nitrogen and oxygen atoms in total. The Bertz CT molecular complexity index is 516. The molecule has 0 fully saturated rings. The number of hydrogen-bond acceptors (Lipinski definition) is 4. The molecule has 5 heteroatoms. The Hall–Kier alpha value is -1.49. The lowest BCUT2D eigenvalue weighted by Crippen LogP contribution is -2.16. The van der Waals surface area contributed by atoms with Crippen molar-refractivity contribution < 1.29 is 0 Å². The molecule has 0 amide bonds. The zero-order valence-electron chi connectivity index (χ0n) is 8.57. The molecule has 0 saturated carbocycles. The summed E-state index contributed by atoms with van der Waals surface area (Å²) in [5.41, 5.74) is 3.91. The lowest BCUT2D eigenvalue weighted by atomic mass is 10.2. The molecule has 2 aromatic rings. The second kappa shape index (κ2) is 3.94. The van der Waals surface area contributed by atoms with E-state index in [0.717, 1.165) is 17.0 Å². The van der Waals surface area contributed by atoms with Crippen molar-refractivity contribution in [1.82, 2.24) is 15.0 Å². The molecule has 0 aliphatic rings. The predicted octanol–water partition coefficient (Wildman–Crippen LogP) is 1.76. The molecule has 0 saturated heterocycles. The van der Waals surface area contributed by atoms with E-state index in [1.54, 1.807) is 5.51 Å². The smallest absolute Gasteiger partial charge is 0.254 e. The number of aryl methyl sites for hydroxylation is 1. The number of thiazole rings is 1. The van der Waals surface area contributed by atoms with Crippen LogP contribution < -0.4 is 5.56 Å². The first-order valence-corrected chi connectivity index (χ1v) is 5.65. The second-order valence-corrected chi connectivity index (χ2v) is 3.92. The maximum absolute atomic E-state index is 11.7. The SMILES string of the molecule is CCc1c(C)nc(-c2cscn2)[nH]c1=O. The molecule has 0 atom stereocenters. The Kier molecular flexibility index (Phi) is 2.64. The molecule has 0 aliphatic carbocycles. The van der Waals surface area contributed by atoms with E-state index in [-0.39, 0.29) is 5.56 Å². The van der Waals surface area contributed by atoms with Crippen molar-refractivity contribution >= 4 is 11.3 Å². The third kappa shape index (κ3) is 1.83. The Morgan fingerprint density at radius 2 is 2.33 bits per heavy atom. The van der Waals surface area contributed by atoms with E-state index < -0.39 is 0 Å². The fourth-order valence-electron chi connectivity index (χ4n) is 1.48. The minimum atomic E-state index is -0.0620. The maximum Gasteiger partial charge on any atom is 0.254 e. The van der Waals surface area contributed by atoms with Gasteiger partial charge in [-0.15, -0.1) is 11.3 Å². The van der Waals surface area contributed by atoms with Crippen LogP contribution in [0.3, 0.4) is 0 Å². The van der Waals surface area contributed by atoms with Gasteiger partial charge in [0.2, 0.25) is 0 Å². The van der Waals surface area contributed by atoms with Gasteiger partial charge in [-0.1, -0.05) is 6.92 Å². The van der Waals surface area contributed by atoms with Gasteiger partial charge in [0.25, 0.3) is 5.56 Å². The standard InChI is InChI=1S/C10H11N3OS/c1-3-7-6(2)12-9(13-10(7)14)8-4-15-5-11-8/h4-5H,3H2,1-2H3,(H,12,13,14). The van der Waals surface area contributed by atoms with Gasteiger partial charge in [0, 0.05) is 16.6 Å². The molecule has 2 rings (SSSR count). The highest BCUT2D eigenvalue weighted by Crippen LogP contribution is 2.14. The first-order valence-electron chi connectivity index (χ1n) is 4.70. The molecule has 78 valence electrons. The molecular formula is C10H11N3OS. The molecule has 1 N–H and O–H groups in total. The number of H-pyrrole nitrogens is 1. The first kappa shape index (κ1) is 10.0. The lowest BCUT2D eigenvalue weighted by Gasteiger charge is -2.02. The van der Waals surface area contributed by atoms with Crippen LogP contribution in [0.15, 0.2) is 15.7 Å². The lowest BCUT2D eigenvalue weighted by molar-refractivity contribution is 0.963. The van der Waals surface area contributed by atoms with Gasteiger partial charge in [-0.2, -0.15) is 0 Å². The van der Waals surface area contributed by atoms with Crippen LogP contribution in [-0.4, -0.2) is 15.0 Å². The molecule has 0 unspecified atom stereocenters. The monoisotopic (exact) mass is 221 g/mol. The summed E-state index contributed by atoms with van der Waals surface area (Å²) in [6.45, 7) is 3.80. The van der Waals surface area contributed by atoms with Gasteiger partial charge in [-0.25, -0.2) is 9.97 Å². The van der Waals surface area contributed by atoms with Crippen molar-refractivity contribution in [3.63, 3.8) is 0 Å². The van der Waals surface area contributed by atoms with Gasteiger partial charge in [-0.05, 0) is 13.3 Å². The van der Waals surface area contributed by atoms with E-state index in [1.807, 2.05) is 19.2 Å². The average molecular weight is 221 g/mol. The van der Waals surface area contributed by atoms with Gasteiger partial charge >= 0.3 is 0 Å². The van der Waals surface area contributed by atoms with Gasteiger partial charge < -0.3 is 4.98 Å². The number of aromatic amines is 1. The van der Waals surface area contributed by atoms with Gasteiger partial charge in [0.15, 0.2) is 5.82 Å². The van der Waals surface area contributed by atoms with Crippen LogP contribution in [-0.2, 0) is 6.42 Å². The van der Waals surface area contributed by atoms with E-state index in [4.69, 9.17) is 0 Å². The average Bonchev–Trinajstić information content (AvgIpc) is 2.69. The predicted molar refractivity (Wildman–Crippen MR) is 60.1 cm³/mol. The number of nitrogens with one attached hydrogen (secondary N) is 1. The van der Waals surface area contributed by atoms with Crippen molar-refractivity contribution in [3.8, 4) is 11.5 Å². The molecule has 0 spiro atoms. The van der Waals surface area contributed by atoms with Crippen molar-refractivity contribution in [1.29, 1.82) is 0 Å². The molecule has 2 aromatic heterocycles. The fraction of sp³-hybridized carbons (Fsp3) is 0.300. The zero-order chi connectivity index (χ0) is 10.8. The van der Waals surface area contributed by atoms with Crippen molar-refractivity contribution in [3.05, 3.63) is 32.5 Å². The van der Waals surface area contributed by atoms with E-state index in [9.17, 15) is 4.79 Å². The van der Waals surface area contributed by atoms with Gasteiger partial charge in [0.05, 0.1) is 5.51 Å². The third-order valence-corrected chi connectivity index (χ3v) is 2.84. The molecule has 15 heavy (non-hydrogen) atoms. The summed E-state index contributed by atoms with van der Waals surface area (Å²) < 4.78 is 0. The topological polar surface area (TPSA) is 58.6 Å². The number of rotatable bonds is 2. The van der Waals surface area contributed by atoms with Gasteiger partial charge in [0.1, 0.15) is 5.69 Å². The third-order valence-electron chi connectivity index (χ3n) is 2.25. The highest BCUT2D eigenvalue weighted by Gasteiger charge is 2.08. The molecule has 0 bridgehead atoms. The van der Waals surface area contributed by atoms with Crippen LogP contribution in [0, 0.1) is 6.92 Å². The number of aromatic nitrogens is 3. The quantitative estimate of drug-likeness (QED) is 0.840. The van der Waals surface area contributed by atoms with Gasteiger partial charge in [-0.3, -0.25) is 4.79 Å². The summed E-state index contributed by atoms with van der Waals surface area (Å²) in [5.74, 6) is 0.552. The molecule has 2 heterocycles. The second-order valence-electron chi connectivity index (χ2n) is 3.21. The summed E-state index contributed by atoms with van der Waals surface area (Å²) in [5, 5.41) is 1.86. The van der Waals surface area contributed by atoms with Crippen LogP contribution >= 0.6 is 11.3 Å². The summed E-state index contributed by atoms with van der Waals surface area (Å²) in [4.78, 5) is 22.9. The van der Waals surface area contributed by atoms with E-state index in [0.29, 0.717) is 12.2 Å². The zero-order valence-corrected chi connectivity index (χ0v) is 9.39. The Balaban J connectivity index is 2.58. The van der Waals surface area contributed by atoms with Crippen molar-refractivity contribution in [2.24, 2.45) is 0 Å². The minimum Gasteiger partial charge on any atom is -0.305 e. The summed E-state index contributed by atoms with van der Waals surface area (Å²) in [7, 11) is 0. The molecule has 0 aliphatic heterocycles. The fourth-order valence-corrected chi connectivity index (χ4v) is 2.01. The van der Waals surface area contributed by atoms with Crippen LogP contribution in [0.25, 0.3) is 11.5 Å². The van der Waals surface area contributed by atoms with E-state index in [1.165, 1.54) is 11.3 Å². The Labute approximate surface area is 91.0 Å². The summed E-state index contributed by atoms with van der Waals surface area (Å²) in [6.07, 6.45) is 0.700. The number of nitrogens with zero attached hydrogens (tertiary/aromatic N) is 2. The van der Waals surface area contributed by atoms with Crippen molar-refractivity contribution in [2.75, 3.05) is 0 Å². The van der Waals surface area contributed by atoms with E-state index >= 15 is 0 Å². The van der Waals surface area contributed by atoms with Crippen molar-refractivity contribution in [2.45, 2.75) is 20.3 Å². The van der Waals surface area contributed by atoms with Crippen LogP contribution in [0.1, 0.15) is 18.2 Å². The van der Waals surface area contributed by atoms with E-state index in [2.05, 4.69) is 15.0 Å². The summed E-state index contributed by atoms with van der Waals surface area (Å²) >= 11 is 1.48. The normalized spacial score (nSPS) is 10.5. The largest absolute Gasteiger partial charge is 0.305 e. The molecular weight excluding hydrogens is 210 g/mol. The van der Waals surface area contributed by atoms with Crippen LogP contribution in [0.5, 0.6) is 0 Å². The van der Waals surface area contributed by atoms with Crippen LogP contribution in [0.4, 0.5) is 0 Å². The highest BCUT2D eigenvalue weighted by atomic mass is 32.1.